The Morgan fingerprint density at radius 2 is 1.48 bits per heavy atom. The van der Waals surface area contributed by atoms with E-state index in [1.165, 1.54) is 10.4 Å². The topological polar surface area (TPSA) is 25.8 Å². The van der Waals surface area contributed by atoms with Crippen LogP contribution in [0.15, 0.2) is 79.0 Å². The smallest absolute Gasteiger partial charge is 0.124 e. The van der Waals surface area contributed by atoms with Gasteiger partial charge in [-0.25, -0.2) is 4.98 Å². The Balaban J connectivity index is 0.00000210. The lowest BCUT2D eigenvalue weighted by atomic mass is 10.1. The summed E-state index contributed by atoms with van der Waals surface area (Å²) < 4.78 is 0. The third-order valence-corrected chi connectivity index (χ3v) is 5.43. The summed E-state index contributed by atoms with van der Waals surface area (Å²) in [5, 5.41) is 1.04. The van der Waals surface area contributed by atoms with Gasteiger partial charge in [-0.3, -0.25) is 4.98 Å². The van der Waals surface area contributed by atoms with Crippen molar-refractivity contribution in [1.29, 1.82) is 0 Å². The van der Waals surface area contributed by atoms with Gasteiger partial charge in [0.1, 0.15) is 5.01 Å². The van der Waals surface area contributed by atoms with Gasteiger partial charge in [0.2, 0.25) is 0 Å². The van der Waals surface area contributed by atoms with Gasteiger partial charge in [-0.2, -0.15) is 0 Å². The Bertz CT molecular complexity index is 940. The van der Waals surface area contributed by atoms with Gasteiger partial charge in [-0.05, 0) is 24.1 Å². The van der Waals surface area contributed by atoms with Crippen LogP contribution in [0.5, 0.6) is 0 Å². The number of rotatable bonds is 5. The van der Waals surface area contributed by atoms with Gasteiger partial charge in [0.15, 0.2) is 0 Å². The molecule has 4 rings (SSSR count). The number of pyridine rings is 1. The molecule has 2 nitrogen and oxygen atoms in total. The van der Waals surface area contributed by atoms with Gasteiger partial charge >= 0.3 is 0 Å². The molecule has 27 heavy (non-hydrogen) atoms. The first kappa shape index (κ1) is 19.5. The zero-order chi connectivity index (χ0) is 17.8. The van der Waals surface area contributed by atoms with E-state index < -0.39 is 0 Å². The van der Waals surface area contributed by atoms with Crippen molar-refractivity contribution >= 4 is 11.3 Å². The third kappa shape index (κ3) is 4.34. The lowest BCUT2D eigenvalue weighted by molar-refractivity contribution is -0.00000519. The Morgan fingerprint density at radius 1 is 0.815 bits per heavy atom. The molecule has 136 valence electrons. The number of aryl methyl sites for hydroxylation is 1. The van der Waals surface area contributed by atoms with Crippen LogP contribution in [0.3, 0.4) is 0 Å². The van der Waals surface area contributed by atoms with Gasteiger partial charge in [0, 0.05) is 23.0 Å². The monoisotopic (exact) mass is 435 g/mol. The highest BCUT2D eigenvalue weighted by Gasteiger charge is 2.16. The highest BCUT2D eigenvalue weighted by Crippen LogP contribution is 2.40. The molecule has 0 atom stereocenters. The van der Waals surface area contributed by atoms with E-state index in [4.69, 9.17) is 4.98 Å². The van der Waals surface area contributed by atoms with Gasteiger partial charge in [-0.15, -0.1) is 11.3 Å². The molecule has 0 amide bonds. The molecule has 2 heterocycles. The molecule has 0 aliphatic rings. The van der Waals surface area contributed by atoms with Crippen LogP contribution in [0, 0.1) is 0 Å². The van der Waals surface area contributed by atoms with Gasteiger partial charge in [0.25, 0.3) is 0 Å². The van der Waals surface area contributed by atoms with E-state index in [1.807, 2.05) is 18.3 Å². The predicted molar refractivity (Wildman–Crippen MR) is 110 cm³/mol. The minimum Gasteiger partial charge on any atom is -1.00 e. The van der Waals surface area contributed by atoms with Crippen molar-refractivity contribution in [1.82, 2.24) is 9.97 Å². The van der Waals surface area contributed by atoms with Crippen LogP contribution in [0.1, 0.15) is 19.0 Å². The number of hydrogen-bond acceptors (Lipinski definition) is 3. The Hall–Kier alpha value is -2.30. The quantitative estimate of drug-likeness (QED) is 0.479. The second-order valence-electron chi connectivity index (χ2n) is 6.21. The van der Waals surface area contributed by atoms with Gasteiger partial charge < -0.3 is 17.0 Å². The molecule has 0 aliphatic heterocycles. The molecule has 2 aromatic heterocycles. The standard InChI is InChI=1S/C23H20N2S.BrH/c1-2-9-20-16-19(14-15-24-20)23-25-21(17-10-5-3-6-11-17)22(26-23)18-12-7-4-8-13-18;/h3-8,10-16H,2,9H2,1H3;1H/p-1. The highest BCUT2D eigenvalue weighted by atomic mass is 79.9. The van der Waals surface area contributed by atoms with E-state index in [2.05, 4.69) is 72.6 Å². The summed E-state index contributed by atoms with van der Waals surface area (Å²) in [6.07, 6.45) is 3.99. The summed E-state index contributed by atoms with van der Waals surface area (Å²) in [7, 11) is 0. The van der Waals surface area contributed by atoms with Crippen LogP contribution in [-0.4, -0.2) is 9.97 Å². The van der Waals surface area contributed by atoms with Crippen molar-refractivity contribution in [2.75, 3.05) is 0 Å². The largest absolute Gasteiger partial charge is 1.00 e. The molecule has 0 N–H and O–H groups in total. The molecule has 0 saturated heterocycles. The zero-order valence-electron chi connectivity index (χ0n) is 15.1. The molecule has 0 radical (unpaired) electrons. The maximum atomic E-state index is 5.02. The molecule has 0 aliphatic carbocycles. The lowest BCUT2D eigenvalue weighted by Gasteiger charge is -2.02. The van der Waals surface area contributed by atoms with Crippen LogP contribution < -0.4 is 17.0 Å². The van der Waals surface area contributed by atoms with Gasteiger partial charge in [0.05, 0.1) is 10.6 Å². The first-order chi connectivity index (χ1) is 12.8. The number of nitrogens with zero attached hydrogens (tertiary/aromatic N) is 2. The second kappa shape index (κ2) is 9.07. The van der Waals surface area contributed by atoms with Crippen molar-refractivity contribution in [3.63, 3.8) is 0 Å². The third-order valence-electron chi connectivity index (χ3n) is 4.28. The Labute approximate surface area is 174 Å². The molecule has 0 unspecified atom stereocenters. The van der Waals surface area contributed by atoms with Crippen molar-refractivity contribution in [2.45, 2.75) is 19.8 Å². The zero-order valence-corrected chi connectivity index (χ0v) is 17.5. The van der Waals surface area contributed by atoms with E-state index in [-0.39, 0.29) is 17.0 Å². The Morgan fingerprint density at radius 3 is 2.15 bits per heavy atom. The van der Waals surface area contributed by atoms with Gasteiger partial charge in [-0.1, -0.05) is 74.0 Å². The minimum atomic E-state index is 0. The molecule has 0 saturated carbocycles. The normalized spacial score (nSPS) is 10.4. The highest BCUT2D eigenvalue weighted by molar-refractivity contribution is 7.19. The van der Waals surface area contributed by atoms with E-state index in [1.54, 1.807) is 11.3 Å². The van der Waals surface area contributed by atoms with Crippen molar-refractivity contribution in [2.24, 2.45) is 0 Å². The van der Waals surface area contributed by atoms with Crippen molar-refractivity contribution in [3.8, 4) is 32.3 Å². The number of benzene rings is 2. The predicted octanol–water partition coefficient (Wildman–Crippen LogP) is 3.50. The number of hydrogen-bond donors (Lipinski definition) is 0. The number of halogens is 1. The molecule has 2 aromatic carbocycles. The number of thiazole rings is 1. The molecular weight excluding hydrogens is 416 g/mol. The average molecular weight is 436 g/mol. The van der Waals surface area contributed by atoms with Crippen LogP contribution in [0.25, 0.3) is 32.3 Å². The number of aromatic nitrogens is 2. The first-order valence-corrected chi connectivity index (χ1v) is 9.74. The summed E-state index contributed by atoms with van der Waals surface area (Å²) in [6, 6.07) is 25.2. The first-order valence-electron chi connectivity index (χ1n) is 8.92. The molecule has 4 aromatic rings. The summed E-state index contributed by atoms with van der Waals surface area (Å²) in [5.41, 5.74) is 5.68. The van der Waals surface area contributed by atoms with Crippen LogP contribution >= 0.6 is 11.3 Å². The summed E-state index contributed by atoms with van der Waals surface area (Å²) in [5.74, 6) is 0. The fourth-order valence-electron chi connectivity index (χ4n) is 3.02. The molecular formula is C23H20BrN2S-. The van der Waals surface area contributed by atoms with Crippen LogP contribution in [0.4, 0.5) is 0 Å². The average Bonchev–Trinajstić information content (AvgIpc) is 3.15. The SMILES string of the molecule is CCCc1cc(-c2nc(-c3ccccc3)c(-c3ccccc3)s2)ccn1.[Br-]. The maximum absolute atomic E-state index is 5.02. The lowest BCUT2D eigenvalue weighted by Crippen LogP contribution is -3.00. The molecule has 0 fully saturated rings. The summed E-state index contributed by atoms with van der Waals surface area (Å²) in [4.78, 5) is 10.7. The summed E-state index contributed by atoms with van der Waals surface area (Å²) in [6.45, 7) is 2.18. The minimum absolute atomic E-state index is 0. The fraction of sp³-hybridized carbons (Fsp3) is 0.130. The molecule has 0 bridgehead atoms. The molecule has 0 spiro atoms. The second-order valence-corrected chi connectivity index (χ2v) is 7.21. The van der Waals surface area contributed by atoms with Crippen molar-refractivity contribution < 1.29 is 17.0 Å². The van der Waals surface area contributed by atoms with Crippen LogP contribution in [0.2, 0.25) is 0 Å². The van der Waals surface area contributed by atoms with E-state index >= 15 is 0 Å². The van der Waals surface area contributed by atoms with E-state index in [9.17, 15) is 0 Å². The summed E-state index contributed by atoms with van der Waals surface area (Å²) >= 11 is 1.75. The van der Waals surface area contributed by atoms with Crippen molar-refractivity contribution in [3.05, 3.63) is 84.7 Å². The maximum Gasteiger partial charge on any atom is 0.124 e. The fourth-order valence-corrected chi connectivity index (χ4v) is 4.11. The Kier molecular flexibility index (Phi) is 6.54. The van der Waals surface area contributed by atoms with Crippen LogP contribution in [-0.2, 0) is 6.42 Å². The van der Waals surface area contributed by atoms with E-state index in [0.29, 0.717) is 0 Å². The molecule has 4 heteroatoms. The van der Waals surface area contributed by atoms with E-state index in [0.717, 1.165) is 40.4 Å².